The first kappa shape index (κ1) is 11.9. The summed E-state index contributed by atoms with van der Waals surface area (Å²) in [7, 11) is 0. The van der Waals surface area contributed by atoms with E-state index in [0.29, 0.717) is 11.6 Å². The maximum Gasteiger partial charge on any atom is 0.270 e. The Kier molecular flexibility index (Phi) is 3.50. The van der Waals surface area contributed by atoms with E-state index in [4.69, 9.17) is 11.6 Å². The quantitative estimate of drug-likeness (QED) is 0.873. The number of nitrogens with zero attached hydrogens (tertiary/aromatic N) is 1. The van der Waals surface area contributed by atoms with Crippen LogP contribution in [-0.2, 0) is 0 Å². The summed E-state index contributed by atoms with van der Waals surface area (Å²) in [6.45, 7) is 0. The van der Waals surface area contributed by atoms with Crippen molar-refractivity contribution in [3.8, 4) is 0 Å². The largest absolute Gasteiger partial charge is 0.344 e. The zero-order valence-corrected chi connectivity index (χ0v) is 11.0. The molecule has 1 heterocycles. The molecule has 2 rings (SSSR count). The van der Waals surface area contributed by atoms with Crippen LogP contribution in [0.1, 0.15) is 29.8 Å². The average molecular weight is 304 g/mol. The van der Waals surface area contributed by atoms with E-state index < -0.39 is 0 Å². The van der Waals surface area contributed by atoms with Crippen molar-refractivity contribution < 1.29 is 4.79 Å². The van der Waals surface area contributed by atoms with Gasteiger partial charge in [0.1, 0.15) is 5.69 Å². The second kappa shape index (κ2) is 4.72. The van der Waals surface area contributed by atoms with E-state index in [1.165, 1.54) is 0 Å². The van der Waals surface area contributed by atoms with E-state index in [0.717, 1.165) is 23.7 Å². The Labute approximate surface area is 108 Å². The van der Waals surface area contributed by atoms with E-state index in [2.05, 4.69) is 26.2 Å². The summed E-state index contributed by atoms with van der Waals surface area (Å²) in [5.74, 6) is 0.322. The van der Waals surface area contributed by atoms with Gasteiger partial charge >= 0.3 is 0 Å². The van der Waals surface area contributed by atoms with Crippen molar-refractivity contribution in [2.24, 2.45) is 0 Å². The van der Waals surface area contributed by atoms with Crippen LogP contribution < -0.4 is 5.32 Å². The lowest BCUT2D eigenvalue weighted by Crippen LogP contribution is -2.55. The van der Waals surface area contributed by atoms with Crippen LogP contribution in [0.25, 0.3) is 0 Å². The molecule has 0 unspecified atom stereocenters. The molecule has 86 valence electrons. The zero-order chi connectivity index (χ0) is 11.6. The van der Waals surface area contributed by atoms with Crippen LogP contribution in [0.5, 0.6) is 0 Å². The number of hydrogen-bond donors (Lipinski definition) is 1. The van der Waals surface area contributed by atoms with Crippen LogP contribution in [0.4, 0.5) is 0 Å². The van der Waals surface area contributed by atoms with Crippen molar-refractivity contribution in [2.75, 3.05) is 5.88 Å². The third-order valence-electron chi connectivity index (χ3n) is 2.91. The lowest BCUT2D eigenvalue weighted by Gasteiger charge is -2.40. The fourth-order valence-corrected chi connectivity index (χ4v) is 2.28. The Morgan fingerprint density at radius 3 is 2.75 bits per heavy atom. The number of hydrogen-bond acceptors (Lipinski definition) is 2. The van der Waals surface area contributed by atoms with E-state index in [1.807, 2.05) is 0 Å². The Hall–Kier alpha value is -0.610. The molecular formula is C11H12BrClN2O. The minimum Gasteiger partial charge on any atom is -0.344 e. The summed E-state index contributed by atoms with van der Waals surface area (Å²) in [6, 6.07) is 3.50. The predicted octanol–water partition coefficient (Wildman–Crippen LogP) is 2.74. The van der Waals surface area contributed by atoms with Gasteiger partial charge in [0.25, 0.3) is 5.91 Å². The first-order chi connectivity index (χ1) is 7.65. The molecule has 1 fully saturated rings. The molecule has 1 saturated carbocycles. The van der Waals surface area contributed by atoms with Gasteiger partial charge in [0, 0.05) is 16.5 Å². The van der Waals surface area contributed by atoms with Gasteiger partial charge in [-0.1, -0.05) is 0 Å². The number of nitrogens with one attached hydrogen (secondary N) is 1. The molecule has 1 aromatic rings. The van der Waals surface area contributed by atoms with Crippen molar-refractivity contribution in [1.82, 2.24) is 10.3 Å². The highest BCUT2D eigenvalue weighted by Crippen LogP contribution is 2.33. The van der Waals surface area contributed by atoms with E-state index in [-0.39, 0.29) is 11.4 Å². The first-order valence-corrected chi connectivity index (χ1v) is 6.48. The predicted molar refractivity (Wildman–Crippen MR) is 66.7 cm³/mol. The van der Waals surface area contributed by atoms with Gasteiger partial charge in [0.15, 0.2) is 0 Å². The van der Waals surface area contributed by atoms with Crippen molar-refractivity contribution in [1.29, 1.82) is 0 Å². The van der Waals surface area contributed by atoms with Crippen molar-refractivity contribution in [3.63, 3.8) is 0 Å². The number of aromatic nitrogens is 1. The van der Waals surface area contributed by atoms with Crippen LogP contribution in [-0.4, -0.2) is 22.3 Å². The molecule has 16 heavy (non-hydrogen) atoms. The van der Waals surface area contributed by atoms with Crippen molar-refractivity contribution in [2.45, 2.75) is 24.8 Å². The molecule has 0 spiro atoms. The van der Waals surface area contributed by atoms with Crippen molar-refractivity contribution >= 4 is 33.4 Å². The smallest absolute Gasteiger partial charge is 0.270 e. The van der Waals surface area contributed by atoms with Crippen LogP contribution in [0.3, 0.4) is 0 Å². The third-order valence-corrected chi connectivity index (χ3v) is 3.89. The topological polar surface area (TPSA) is 42.0 Å². The fourth-order valence-electron chi connectivity index (χ4n) is 1.71. The second-order valence-corrected chi connectivity index (χ2v) is 5.27. The van der Waals surface area contributed by atoms with Crippen molar-refractivity contribution in [3.05, 3.63) is 28.5 Å². The molecule has 0 aliphatic heterocycles. The molecule has 1 amide bonds. The van der Waals surface area contributed by atoms with Crippen LogP contribution in [0, 0.1) is 0 Å². The lowest BCUT2D eigenvalue weighted by atomic mass is 9.78. The van der Waals surface area contributed by atoms with E-state index in [9.17, 15) is 4.79 Å². The monoisotopic (exact) mass is 302 g/mol. The maximum atomic E-state index is 11.9. The lowest BCUT2D eigenvalue weighted by molar-refractivity contribution is 0.0848. The Bertz CT molecular complexity index is 384. The number of alkyl halides is 1. The summed E-state index contributed by atoms with van der Waals surface area (Å²) in [6.07, 6.45) is 4.65. The molecule has 0 saturated heterocycles. The van der Waals surface area contributed by atoms with Gasteiger partial charge in [-0.05, 0) is 47.3 Å². The molecule has 1 aliphatic carbocycles. The van der Waals surface area contributed by atoms with Crippen LogP contribution in [0.15, 0.2) is 22.8 Å². The molecule has 0 radical (unpaired) electrons. The van der Waals surface area contributed by atoms with Crippen LogP contribution in [0.2, 0.25) is 0 Å². The molecule has 0 aromatic carbocycles. The fraction of sp³-hybridized carbons (Fsp3) is 0.455. The Balaban J connectivity index is 2.05. The number of carbonyl (C=O) groups excluding carboxylic acids is 1. The third kappa shape index (κ3) is 2.38. The molecule has 1 aromatic heterocycles. The molecule has 5 heteroatoms. The van der Waals surface area contributed by atoms with E-state index in [1.54, 1.807) is 18.3 Å². The molecule has 0 bridgehead atoms. The molecule has 1 aliphatic rings. The van der Waals surface area contributed by atoms with Gasteiger partial charge in [-0.25, -0.2) is 4.98 Å². The number of carbonyl (C=O) groups is 1. The van der Waals surface area contributed by atoms with Crippen LogP contribution >= 0.6 is 27.5 Å². The van der Waals surface area contributed by atoms with E-state index >= 15 is 0 Å². The average Bonchev–Trinajstić information content (AvgIpc) is 2.24. The SMILES string of the molecule is O=C(NC1(CCl)CCC1)c1ccc(Br)cn1. The summed E-state index contributed by atoms with van der Waals surface area (Å²) in [4.78, 5) is 15.9. The molecule has 0 atom stereocenters. The number of halogens is 2. The minimum absolute atomic E-state index is 0.146. The summed E-state index contributed by atoms with van der Waals surface area (Å²) in [5.41, 5.74) is 0.229. The Morgan fingerprint density at radius 2 is 2.31 bits per heavy atom. The van der Waals surface area contributed by atoms with Gasteiger partial charge in [0.2, 0.25) is 0 Å². The highest BCUT2D eigenvalue weighted by atomic mass is 79.9. The minimum atomic E-state index is -0.201. The van der Waals surface area contributed by atoms with Gasteiger partial charge in [-0.2, -0.15) is 0 Å². The highest BCUT2D eigenvalue weighted by molar-refractivity contribution is 9.10. The Morgan fingerprint density at radius 1 is 1.56 bits per heavy atom. The van der Waals surface area contributed by atoms with Gasteiger partial charge in [-0.15, -0.1) is 11.6 Å². The maximum absolute atomic E-state index is 11.9. The molecule has 3 nitrogen and oxygen atoms in total. The second-order valence-electron chi connectivity index (χ2n) is 4.08. The molecular weight excluding hydrogens is 291 g/mol. The highest BCUT2D eigenvalue weighted by Gasteiger charge is 2.37. The summed E-state index contributed by atoms with van der Waals surface area (Å²) >= 11 is 9.15. The summed E-state index contributed by atoms with van der Waals surface area (Å²) in [5, 5.41) is 2.97. The number of rotatable bonds is 3. The normalized spacial score (nSPS) is 17.6. The first-order valence-electron chi connectivity index (χ1n) is 5.15. The molecule has 1 N–H and O–H groups in total. The van der Waals surface area contributed by atoms with Gasteiger partial charge in [0.05, 0.1) is 5.54 Å². The standard InChI is InChI=1S/C11H12BrClN2O/c12-8-2-3-9(14-6-8)10(16)15-11(7-13)4-1-5-11/h2-3,6H,1,4-5,7H2,(H,15,16). The zero-order valence-electron chi connectivity index (χ0n) is 8.67. The number of amides is 1. The van der Waals surface area contributed by atoms with Gasteiger partial charge in [-0.3, -0.25) is 4.79 Å². The summed E-state index contributed by atoms with van der Waals surface area (Å²) < 4.78 is 0.861. The van der Waals surface area contributed by atoms with Gasteiger partial charge < -0.3 is 5.32 Å². The number of pyridine rings is 1.